The van der Waals surface area contributed by atoms with E-state index in [4.69, 9.17) is 9.41 Å². The second kappa shape index (κ2) is 9.48. The normalized spacial score (nSPS) is 15.6. The number of para-hydroxylation sites is 1. The van der Waals surface area contributed by atoms with E-state index in [2.05, 4.69) is 10.4 Å². The predicted octanol–water partition coefficient (Wildman–Crippen LogP) is 3.92. The van der Waals surface area contributed by atoms with Crippen molar-refractivity contribution in [2.45, 2.75) is 54.1 Å². The van der Waals surface area contributed by atoms with Crippen LogP contribution in [-0.2, 0) is 11.3 Å². The third-order valence-electron chi connectivity index (χ3n) is 6.70. The smallest absolute Gasteiger partial charge is 0.271 e. The molecular weight excluding hydrogens is 486 g/mol. The van der Waals surface area contributed by atoms with Crippen molar-refractivity contribution in [1.82, 2.24) is 14.3 Å². The van der Waals surface area contributed by atoms with Crippen LogP contribution in [0.2, 0.25) is 0 Å². The first kappa shape index (κ1) is 24.7. The van der Waals surface area contributed by atoms with E-state index < -0.39 is 6.04 Å². The summed E-state index contributed by atoms with van der Waals surface area (Å²) in [7, 11) is 0. The van der Waals surface area contributed by atoms with Crippen LogP contribution in [0.5, 0.6) is 0 Å². The Hall–Kier alpha value is -3.98. The van der Waals surface area contributed by atoms with Crippen LogP contribution in [0, 0.1) is 27.7 Å². The molecule has 190 valence electrons. The van der Waals surface area contributed by atoms with Gasteiger partial charge in [-0.25, -0.2) is 4.99 Å². The zero-order valence-electron chi connectivity index (χ0n) is 21.7. The molecule has 0 aliphatic carbocycles. The number of furan rings is 1. The second-order valence-corrected chi connectivity index (χ2v) is 10.2. The Labute approximate surface area is 218 Å². The minimum Gasteiger partial charge on any atom is -0.464 e. The molecule has 9 heteroatoms. The van der Waals surface area contributed by atoms with E-state index in [0.717, 1.165) is 29.1 Å². The summed E-state index contributed by atoms with van der Waals surface area (Å²) in [6.45, 7) is 12.3. The van der Waals surface area contributed by atoms with Crippen LogP contribution in [0.1, 0.15) is 53.9 Å². The molecule has 0 radical (unpaired) electrons. The molecule has 0 spiro atoms. The molecule has 0 saturated heterocycles. The molecule has 1 aliphatic rings. The summed E-state index contributed by atoms with van der Waals surface area (Å²) in [6, 6.07) is 10.5. The molecule has 0 fully saturated rings. The Morgan fingerprint density at radius 2 is 1.89 bits per heavy atom. The Morgan fingerprint density at radius 1 is 1.14 bits per heavy atom. The number of thiazole rings is 1. The lowest BCUT2D eigenvalue weighted by Crippen LogP contribution is -2.40. The fourth-order valence-corrected chi connectivity index (χ4v) is 5.77. The number of benzene rings is 1. The molecule has 0 unspecified atom stereocenters. The van der Waals surface area contributed by atoms with Crippen LogP contribution in [0.15, 0.2) is 61.9 Å². The second-order valence-electron chi connectivity index (χ2n) is 9.20. The summed E-state index contributed by atoms with van der Waals surface area (Å²) in [5, 5.41) is 7.59. The number of anilines is 1. The van der Waals surface area contributed by atoms with Crippen molar-refractivity contribution in [1.29, 1.82) is 0 Å². The molecule has 3 aromatic heterocycles. The number of amides is 1. The number of aryl methyl sites for hydroxylation is 4. The molecule has 1 amide bonds. The molecule has 1 aromatic carbocycles. The predicted molar refractivity (Wildman–Crippen MR) is 144 cm³/mol. The number of allylic oxidation sites excluding steroid dienone is 1. The molecule has 4 aromatic rings. The van der Waals surface area contributed by atoms with Crippen molar-refractivity contribution in [2.75, 3.05) is 5.32 Å². The van der Waals surface area contributed by atoms with Gasteiger partial charge in [-0.3, -0.25) is 18.8 Å². The van der Waals surface area contributed by atoms with E-state index in [1.165, 1.54) is 11.3 Å². The molecule has 37 heavy (non-hydrogen) atoms. The lowest BCUT2D eigenvalue weighted by Gasteiger charge is -2.23. The van der Waals surface area contributed by atoms with Crippen LogP contribution in [0.25, 0.3) is 6.08 Å². The van der Waals surface area contributed by atoms with Gasteiger partial charge in [0.1, 0.15) is 17.6 Å². The van der Waals surface area contributed by atoms with Crippen molar-refractivity contribution in [3.63, 3.8) is 0 Å². The van der Waals surface area contributed by atoms with E-state index >= 15 is 0 Å². The number of nitrogens with zero attached hydrogens (tertiary/aromatic N) is 4. The summed E-state index contributed by atoms with van der Waals surface area (Å²) in [5.74, 6) is 0.893. The molecular formula is C28H29N5O3S. The standard InChI is InChI=1S/C28H29N5O3S/c1-7-32-19(6)20(17(4)31-32)14-23-27(35)33-25(22-13-12-16(3)36-22)24(18(5)29-28(33)37-23)26(34)30-21-11-9-8-10-15(21)2/h8-14,25H,7H2,1-6H3,(H,30,34)/b23-14+/t25-/m1/s1. The van der Waals surface area contributed by atoms with Crippen molar-refractivity contribution in [3.8, 4) is 0 Å². The number of carbonyl (C=O) groups excluding carboxylic acids is 1. The Kier molecular flexibility index (Phi) is 6.33. The number of hydrogen-bond donors (Lipinski definition) is 1. The minimum atomic E-state index is -0.739. The largest absolute Gasteiger partial charge is 0.464 e. The lowest BCUT2D eigenvalue weighted by molar-refractivity contribution is -0.113. The highest BCUT2D eigenvalue weighted by molar-refractivity contribution is 7.07. The van der Waals surface area contributed by atoms with Gasteiger partial charge in [0.2, 0.25) is 0 Å². The fourth-order valence-electron chi connectivity index (χ4n) is 4.74. The lowest BCUT2D eigenvalue weighted by atomic mass is 10.00. The fraction of sp³-hybridized carbons (Fsp3) is 0.286. The average molecular weight is 516 g/mol. The van der Waals surface area contributed by atoms with Crippen molar-refractivity contribution >= 4 is 29.0 Å². The van der Waals surface area contributed by atoms with Gasteiger partial charge in [0.15, 0.2) is 4.80 Å². The van der Waals surface area contributed by atoms with Gasteiger partial charge in [0, 0.05) is 23.5 Å². The maximum absolute atomic E-state index is 13.9. The van der Waals surface area contributed by atoms with Gasteiger partial charge < -0.3 is 9.73 Å². The van der Waals surface area contributed by atoms with Crippen molar-refractivity contribution in [3.05, 3.63) is 101 Å². The summed E-state index contributed by atoms with van der Waals surface area (Å²) in [4.78, 5) is 32.7. The van der Waals surface area contributed by atoms with Gasteiger partial charge in [0.05, 0.1) is 21.5 Å². The number of rotatable bonds is 5. The quantitative estimate of drug-likeness (QED) is 0.436. The summed E-state index contributed by atoms with van der Waals surface area (Å²) >= 11 is 1.30. The first-order valence-electron chi connectivity index (χ1n) is 12.2. The third-order valence-corrected chi connectivity index (χ3v) is 7.69. The van der Waals surface area contributed by atoms with Crippen molar-refractivity contribution < 1.29 is 9.21 Å². The SMILES string of the molecule is CCn1nc(C)c(/C=c2/sc3n(c2=O)[C@H](c2ccc(C)o2)C(C(=O)Nc2ccccc2C)=C(C)N=3)c1C. The number of hydrogen-bond acceptors (Lipinski definition) is 6. The highest BCUT2D eigenvalue weighted by atomic mass is 32.1. The van der Waals surface area contributed by atoms with Gasteiger partial charge in [-0.15, -0.1) is 0 Å². The summed E-state index contributed by atoms with van der Waals surface area (Å²) in [6.07, 6.45) is 1.88. The van der Waals surface area contributed by atoms with Crippen LogP contribution in [-0.4, -0.2) is 20.3 Å². The first-order chi connectivity index (χ1) is 17.7. The average Bonchev–Trinajstić information content (AvgIpc) is 3.51. The molecule has 1 aliphatic heterocycles. The van der Waals surface area contributed by atoms with E-state index in [9.17, 15) is 9.59 Å². The van der Waals surface area contributed by atoms with E-state index in [-0.39, 0.29) is 11.5 Å². The Morgan fingerprint density at radius 3 is 2.54 bits per heavy atom. The number of fused-ring (bicyclic) bond motifs is 1. The zero-order valence-corrected chi connectivity index (χ0v) is 22.6. The first-order valence-corrected chi connectivity index (χ1v) is 13.0. The molecule has 8 nitrogen and oxygen atoms in total. The topological polar surface area (TPSA) is 94.4 Å². The Balaban J connectivity index is 1.68. The van der Waals surface area contributed by atoms with Crippen molar-refractivity contribution in [2.24, 2.45) is 4.99 Å². The summed E-state index contributed by atoms with van der Waals surface area (Å²) in [5.41, 5.74) is 5.13. The van der Waals surface area contributed by atoms with Gasteiger partial charge in [-0.2, -0.15) is 5.10 Å². The van der Waals surface area contributed by atoms with Gasteiger partial charge in [-0.05, 0) is 71.4 Å². The maximum Gasteiger partial charge on any atom is 0.271 e. The van der Waals surface area contributed by atoms with Crippen LogP contribution >= 0.6 is 11.3 Å². The van der Waals surface area contributed by atoms with E-state index in [1.54, 1.807) is 11.5 Å². The van der Waals surface area contributed by atoms with Gasteiger partial charge in [0.25, 0.3) is 11.5 Å². The van der Waals surface area contributed by atoms with Crippen LogP contribution < -0.4 is 20.2 Å². The zero-order chi connectivity index (χ0) is 26.4. The monoisotopic (exact) mass is 515 g/mol. The van der Waals surface area contributed by atoms with Gasteiger partial charge in [-0.1, -0.05) is 29.5 Å². The van der Waals surface area contributed by atoms with E-state index in [1.807, 2.05) is 81.8 Å². The van der Waals surface area contributed by atoms with Crippen LogP contribution in [0.3, 0.4) is 0 Å². The highest BCUT2D eigenvalue weighted by Gasteiger charge is 2.34. The number of carbonyl (C=O) groups is 1. The summed E-state index contributed by atoms with van der Waals surface area (Å²) < 4.78 is 10.0. The molecule has 0 bridgehead atoms. The molecule has 4 heterocycles. The molecule has 5 rings (SSSR count). The number of nitrogens with one attached hydrogen (secondary N) is 1. The Bertz CT molecular complexity index is 1750. The third kappa shape index (κ3) is 4.29. The van der Waals surface area contributed by atoms with Crippen LogP contribution in [0.4, 0.5) is 5.69 Å². The maximum atomic E-state index is 13.9. The number of aromatic nitrogens is 3. The van der Waals surface area contributed by atoms with E-state index in [0.29, 0.717) is 37.8 Å². The molecule has 1 N–H and O–H groups in total. The molecule has 0 saturated carbocycles. The van der Waals surface area contributed by atoms with Gasteiger partial charge >= 0.3 is 0 Å². The highest BCUT2D eigenvalue weighted by Crippen LogP contribution is 2.32. The molecule has 1 atom stereocenters. The minimum absolute atomic E-state index is 0.223.